The first-order chi connectivity index (χ1) is 10.1. The Kier molecular flexibility index (Phi) is 9.49. The molecule has 0 aliphatic heterocycles. The van der Waals surface area contributed by atoms with Gasteiger partial charge in [-0.2, -0.15) is 0 Å². The fourth-order valence-corrected chi connectivity index (χ4v) is 9.36. The fourth-order valence-electron chi connectivity index (χ4n) is 1.47. The van der Waals surface area contributed by atoms with E-state index in [0.717, 1.165) is 29.9 Å². The summed E-state index contributed by atoms with van der Waals surface area (Å²) >= 11 is 8.27. The van der Waals surface area contributed by atoms with Gasteiger partial charge in [0.2, 0.25) is 0 Å². The monoisotopic (exact) mass is 362 g/mol. The van der Waals surface area contributed by atoms with Crippen molar-refractivity contribution in [3.8, 4) is 0 Å². The molecule has 0 atom stereocenters. The molecule has 0 fully saturated rings. The first-order valence-electron chi connectivity index (χ1n) is 7.08. The van der Waals surface area contributed by atoms with Gasteiger partial charge in [0.1, 0.15) is 0 Å². The quantitative estimate of drug-likeness (QED) is 0.473. The molecule has 0 aliphatic rings. The SMILES string of the molecule is CCCSP(=O)(NC(=S)NCc1ccccc1)SCCC. The van der Waals surface area contributed by atoms with Crippen LogP contribution in [0.2, 0.25) is 0 Å². The topological polar surface area (TPSA) is 41.1 Å². The highest BCUT2D eigenvalue weighted by molar-refractivity contribution is 8.90. The van der Waals surface area contributed by atoms with Crippen molar-refractivity contribution in [1.29, 1.82) is 0 Å². The van der Waals surface area contributed by atoms with Crippen molar-refractivity contribution in [2.75, 3.05) is 11.5 Å². The predicted molar refractivity (Wildman–Crippen MR) is 102 cm³/mol. The van der Waals surface area contributed by atoms with Crippen LogP contribution in [0.1, 0.15) is 32.3 Å². The van der Waals surface area contributed by atoms with Gasteiger partial charge in [0.25, 0.3) is 5.70 Å². The third-order valence-corrected chi connectivity index (χ3v) is 10.8. The zero-order chi connectivity index (χ0) is 15.6. The van der Waals surface area contributed by atoms with Gasteiger partial charge in [0.05, 0.1) is 0 Å². The summed E-state index contributed by atoms with van der Waals surface area (Å²) in [6.07, 6.45) is 2.01. The zero-order valence-electron chi connectivity index (χ0n) is 12.5. The minimum absolute atomic E-state index is 0.467. The largest absolute Gasteiger partial charge is 0.358 e. The second-order valence-electron chi connectivity index (χ2n) is 4.44. The number of nitrogens with one attached hydrogen (secondary N) is 2. The van der Waals surface area contributed by atoms with Crippen LogP contribution in [-0.4, -0.2) is 16.6 Å². The van der Waals surface area contributed by atoms with Crippen molar-refractivity contribution >= 4 is 45.8 Å². The molecule has 3 nitrogen and oxygen atoms in total. The molecular weight excluding hydrogens is 339 g/mol. The van der Waals surface area contributed by atoms with E-state index in [0.29, 0.717) is 11.7 Å². The molecule has 0 bridgehead atoms. The summed E-state index contributed by atoms with van der Waals surface area (Å²) in [5.41, 5.74) is -1.40. The Morgan fingerprint density at radius 1 is 1.14 bits per heavy atom. The van der Waals surface area contributed by atoms with Crippen molar-refractivity contribution in [2.24, 2.45) is 0 Å². The highest BCUT2D eigenvalue weighted by Gasteiger charge is 2.23. The number of hydrogen-bond acceptors (Lipinski definition) is 4. The fraction of sp³-hybridized carbons (Fsp3) is 0.500. The molecule has 0 aromatic heterocycles. The van der Waals surface area contributed by atoms with E-state index in [9.17, 15) is 4.57 Å². The van der Waals surface area contributed by atoms with Crippen molar-refractivity contribution in [3.63, 3.8) is 0 Å². The number of thiocarbonyl (C=S) groups is 1. The van der Waals surface area contributed by atoms with E-state index in [1.54, 1.807) is 0 Å². The summed E-state index contributed by atoms with van der Waals surface area (Å²) < 4.78 is 12.8. The van der Waals surface area contributed by atoms with Gasteiger partial charge in [0.15, 0.2) is 5.11 Å². The van der Waals surface area contributed by atoms with Crippen molar-refractivity contribution in [1.82, 2.24) is 10.4 Å². The molecule has 1 aromatic carbocycles. The molecule has 0 radical (unpaired) electrons. The van der Waals surface area contributed by atoms with Crippen LogP contribution < -0.4 is 10.4 Å². The van der Waals surface area contributed by atoms with E-state index in [4.69, 9.17) is 12.2 Å². The highest BCUT2D eigenvalue weighted by Crippen LogP contribution is 2.65. The molecule has 0 saturated carbocycles. The summed E-state index contributed by atoms with van der Waals surface area (Å²) in [6.45, 7) is 4.82. The smallest absolute Gasteiger partial charge is 0.279 e. The van der Waals surface area contributed by atoms with Crippen LogP contribution >= 0.6 is 40.7 Å². The first kappa shape index (κ1) is 18.9. The molecule has 118 valence electrons. The molecule has 7 heteroatoms. The Labute approximate surface area is 141 Å². The summed E-state index contributed by atoms with van der Waals surface area (Å²) in [7, 11) is 0. The van der Waals surface area contributed by atoms with Gasteiger partial charge in [-0.15, -0.1) is 0 Å². The molecule has 0 amide bonds. The van der Waals surface area contributed by atoms with Gasteiger partial charge in [-0.1, -0.05) is 66.9 Å². The number of benzene rings is 1. The predicted octanol–water partition coefficient (Wildman–Crippen LogP) is 5.05. The molecule has 0 saturated heterocycles. The average molecular weight is 363 g/mol. The Morgan fingerprint density at radius 3 is 2.24 bits per heavy atom. The maximum absolute atomic E-state index is 12.8. The van der Waals surface area contributed by atoms with Crippen LogP contribution in [0.5, 0.6) is 0 Å². The molecule has 1 aromatic rings. The highest BCUT2D eigenvalue weighted by atomic mass is 33.1. The zero-order valence-corrected chi connectivity index (χ0v) is 15.8. The second kappa shape index (κ2) is 10.5. The Bertz CT molecular complexity index is 459. The maximum Gasteiger partial charge on any atom is 0.279 e. The van der Waals surface area contributed by atoms with Gasteiger partial charge in [0, 0.05) is 18.1 Å². The van der Waals surface area contributed by atoms with E-state index in [-0.39, 0.29) is 0 Å². The summed E-state index contributed by atoms with van der Waals surface area (Å²) in [5, 5.41) is 6.63. The van der Waals surface area contributed by atoms with Gasteiger partial charge < -0.3 is 5.32 Å². The van der Waals surface area contributed by atoms with E-state index < -0.39 is 5.70 Å². The van der Waals surface area contributed by atoms with Gasteiger partial charge in [-0.3, -0.25) is 9.65 Å². The summed E-state index contributed by atoms with van der Waals surface area (Å²) in [5.74, 6) is 1.75. The molecule has 0 unspecified atom stereocenters. The van der Waals surface area contributed by atoms with Crippen LogP contribution in [-0.2, 0) is 11.1 Å². The molecule has 1 rings (SSSR count). The first-order valence-corrected chi connectivity index (χ1v) is 12.4. The Balaban J connectivity index is 2.49. The molecule has 0 spiro atoms. The molecular formula is C14H23N2OPS3. The molecule has 0 heterocycles. The van der Waals surface area contributed by atoms with Crippen molar-refractivity contribution < 1.29 is 4.57 Å². The van der Waals surface area contributed by atoms with Crippen LogP contribution in [0.15, 0.2) is 30.3 Å². The number of rotatable bonds is 9. The normalized spacial score (nSPS) is 11.1. The van der Waals surface area contributed by atoms with Crippen molar-refractivity contribution in [2.45, 2.75) is 33.2 Å². The van der Waals surface area contributed by atoms with Crippen LogP contribution in [0.4, 0.5) is 0 Å². The molecule has 21 heavy (non-hydrogen) atoms. The van der Waals surface area contributed by atoms with E-state index in [2.05, 4.69) is 24.3 Å². The van der Waals surface area contributed by atoms with Gasteiger partial charge >= 0.3 is 0 Å². The van der Waals surface area contributed by atoms with Crippen LogP contribution in [0.3, 0.4) is 0 Å². The minimum atomic E-state index is -2.55. The van der Waals surface area contributed by atoms with Crippen LogP contribution in [0.25, 0.3) is 0 Å². The maximum atomic E-state index is 12.8. The van der Waals surface area contributed by atoms with E-state index in [1.807, 2.05) is 30.3 Å². The summed E-state index contributed by atoms with van der Waals surface area (Å²) in [6, 6.07) is 10.0. The molecule has 0 aliphatic carbocycles. The lowest BCUT2D eigenvalue weighted by Gasteiger charge is -2.20. The number of hydrogen-bond donors (Lipinski definition) is 2. The standard InChI is InChI=1S/C14H23N2OPS3/c1-3-10-20-18(17,21-11-4-2)16-14(19)15-12-13-8-6-5-7-9-13/h5-9H,3-4,10-12H2,1-2H3,(H2,15,16,17,19). The molecule has 2 N–H and O–H groups in total. The minimum Gasteiger partial charge on any atom is -0.358 e. The van der Waals surface area contributed by atoms with Gasteiger partial charge in [-0.05, 0) is 30.6 Å². The average Bonchev–Trinajstić information content (AvgIpc) is 2.50. The Hall–Kier alpha value is -0.160. The van der Waals surface area contributed by atoms with Crippen molar-refractivity contribution in [3.05, 3.63) is 35.9 Å². The van der Waals surface area contributed by atoms with Crippen LogP contribution in [0, 0.1) is 0 Å². The van der Waals surface area contributed by atoms with E-state index >= 15 is 0 Å². The van der Waals surface area contributed by atoms with E-state index in [1.165, 1.54) is 22.8 Å². The van der Waals surface area contributed by atoms with Gasteiger partial charge in [-0.25, -0.2) is 0 Å². The lowest BCUT2D eigenvalue weighted by Crippen LogP contribution is -2.31. The summed E-state index contributed by atoms with van der Waals surface area (Å²) in [4.78, 5) is 0. The Morgan fingerprint density at radius 2 is 1.71 bits per heavy atom. The third kappa shape index (κ3) is 8.15. The lowest BCUT2D eigenvalue weighted by atomic mass is 10.2. The lowest BCUT2D eigenvalue weighted by molar-refractivity contribution is 0.591. The second-order valence-corrected chi connectivity index (χ2v) is 12.7. The third-order valence-electron chi connectivity index (χ3n) is 2.47.